The minimum Gasteiger partial charge on any atom is -0.375 e. The third-order valence-electron chi connectivity index (χ3n) is 9.30. The van der Waals surface area contributed by atoms with Gasteiger partial charge in [0, 0.05) is 53.1 Å². The molecule has 2 bridgehead atoms. The van der Waals surface area contributed by atoms with E-state index in [0.29, 0.717) is 18.2 Å². The fourth-order valence-electron chi connectivity index (χ4n) is 7.13. The second-order valence-corrected chi connectivity index (χ2v) is 11.7. The zero-order valence-electron chi connectivity index (χ0n) is 22.8. The number of H-pyrrole nitrogens is 1. The maximum atomic E-state index is 5.86. The second-order valence-electron chi connectivity index (χ2n) is 11.7. The fourth-order valence-corrected chi connectivity index (χ4v) is 7.13. The number of aryl methyl sites for hydroxylation is 3. The van der Waals surface area contributed by atoms with Crippen LogP contribution in [0.15, 0.2) is 73.1 Å². The van der Waals surface area contributed by atoms with Gasteiger partial charge in [-0.3, -0.25) is 15.0 Å². The molecular formula is C34H33N5O. The van der Waals surface area contributed by atoms with Crippen LogP contribution in [-0.4, -0.2) is 56.4 Å². The monoisotopic (exact) mass is 527 g/mol. The summed E-state index contributed by atoms with van der Waals surface area (Å²) in [6, 6.07) is 23.2. The predicted octanol–water partition coefficient (Wildman–Crippen LogP) is 6.38. The van der Waals surface area contributed by atoms with Crippen molar-refractivity contribution in [1.82, 2.24) is 25.1 Å². The Labute approximate surface area is 234 Å². The van der Waals surface area contributed by atoms with Crippen molar-refractivity contribution in [2.45, 2.75) is 57.2 Å². The zero-order chi connectivity index (χ0) is 26.6. The first kappa shape index (κ1) is 24.0. The summed E-state index contributed by atoms with van der Waals surface area (Å²) in [6.45, 7) is 4.15. The maximum absolute atomic E-state index is 5.86. The molecule has 0 radical (unpaired) electrons. The molecule has 2 aliphatic heterocycles. The molecule has 40 heavy (non-hydrogen) atoms. The first-order valence-corrected chi connectivity index (χ1v) is 14.6. The second kappa shape index (κ2) is 9.65. The SMILES string of the molecule is Cc1cccnc1-c1ccc(-c2n[nH]c3ncc(-c4ccc5c(c4)CC[C@@H](N4C[C@@H]6C[C@H]4CO6)CC5)cc23)cc1. The van der Waals surface area contributed by atoms with Crippen LogP contribution >= 0.6 is 0 Å². The third kappa shape index (κ3) is 4.14. The quantitative estimate of drug-likeness (QED) is 0.275. The standard InChI is InChI=1S/C34H33N5O/c1-21-3-2-14-35-32(21)23-5-7-24(8-6-23)33-31-16-27(18-36-34(31)38-37-33)26-9-4-22-10-12-28(13-11-25(22)15-26)39-19-30-17-29(39)20-40-30/h2-9,14-16,18,28-30H,10-13,17,19-20H2,1H3,(H,36,37,38)/t28-,29-,30-/m0/s1. The van der Waals surface area contributed by atoms with Crippen LogP contribution in [0.5, 0.6) is 0 Å². The molecule has 6 nitrogen and oxygen atoms in total. The molecule has 2 fully saturated rings. The number of aromatic amines is 1. The highest BCUT2D eigenvalue weighted by molar-refractivity contribution is 5.93. The highest BCUT2D eigenvalue weighted by Crippen LogP contribution is 2.36. The van der Waals surface area contributed by atoms with Gasteiger partial charge in [-0.1, -0.05) is 48.5 Å². The highest BCUT2D eigenvalue weighted by atomic mass is 16.5. The van der Waals surface area contributed by atoms with Crippen LogP contribution in [0.25, 0.3) is 44.7 Å². The van der Waals surface area contributed by atoms with Crippen LogP contribution in [0.3, 0.4) is 0 Å². The van der Waals surface area contributed by atoms with Crippen molar-refractivity contribution in [3.05, 3.63) is 89.7 Å². The summed E-state index contributed by atoms with van der Waals surface area (Å²) in [6.07, 6.45) is 10.3. The highest BCUT2D eigenvalue weighted by Gasteiger charge is 2.42. The average Bonchev–Trinajstić information content (AvgIpc) is 3.70. The number of fused-ring (bicyclic) bond motifs is 4. The van der Waals surface area contributed by atoms with Crippen molar-refractivity contribution in [3.8, 4) is 33.6 Å². The van der Waals surface area contributed by atoms with Gasteiger partial charge in [-0.2, -0.15) is 5.10 Å². The summed E-state index contributed by atoms with van der Waals surface area (Å²) < 4.78 is 5.86. The molecule has 0 amide bonds. The van der Waals surface area contributed by atoms with Crippen LogP contribution in [0.1, 0.15) is 36.0 Å². The molecule has 1 N–H and O–H groups in total. The number of likely N-dealkylation sites (tertiary alicyclic amines) is 1. The molecule has 3 atom stereocenters. The Hall–Kier alpha value is -3.87. The molecule has 5 heterocycles. The summed E-state index contributed by atoms with van der Waals surface area (Å²) in [7, 11) is 0. The Balaban J connectivity index is 1.06. The van der Waals surface area contributed by atoms with Crippen LogP contribution in [0, 0.1) is 6.92 Å². The molecule has 2 saturated heterocycles. The number of morpholine rings is 1. The molecule has 0 spiro atoms. The Morgan fingerprint density at radius 3 is 2.40 bits per heavy atom. The van der Waals surface area contributed by atoms with E-state index in [2.05, 4.69) is 81.6 Å². The van der Waals surface area contributed by atoms with Crippen LogP contribution in [-0.2, 0) is 17.6 Å². The van der Waals surface area contributed by atoms with Crippen molar-refractivity contribution >= 4 is 11.0 Å². The first-order valence-electron chi connectivity index (χ1n) is 14.6. The molecule has 3 aromatic heterocycles. The Morgan fingerprint density at radius 2 is 1.62 bits per heavy atom. The lowest BCUT2D eigenvalue weighted by atomic mass is 9.96. The van der Waals surface area contributed by atoms with E-state index in [1.54, 1.807) is 0 Å². The number of nitrogens with zero attached hydrogens (tertiary/aromatic N) is 4. The summed E-state index contributed by atoms with van der Waals surface area (Å²) in [5.74, 6) is 0. The average molecular weight is 528 g/mol. The van der Waals surface area contributed by atoms with Crippen molar-refractivity contribution in [2.75, 3.05) is 13.2 Å². The number of rotatable bonds is 4. The maximum Gasteiger partial charge on any atom is 0.155 e. The summed E-state index contributed by atoms with van der Waals surface area (Å²) in [4.78, 5) is 12.1. The normalized spacial score (nSPS) is 22.5. The van der Waals surface area contributed by atoms with Gasteiger partial charge in [-0.05, 0) is 73.4 Å². The molecule has 8 rings (SSSR count). The number of hydrogen-bond acceptors (Lipinski definition) is 5. The molecule has 3 aliphatic rings. The molecule has 6 heteroatoms. The van der Waals surface area contributed by atoms with Crippen LogP contribution in [0.4, 0.5) is 0 Å². The number of aromatic nitrogens is 4. The number of nitrogens with one attached hydrogen (secondary N) is 1. The number of hydrogen-bond donors (Lipinski definition) is 1. The minimum atomic E-state index is 0.473. The largest absolute Gasteiger partial charge is 0.375 e. The van der Waals surface area contributed by atoms with Gasteiger partial charge in [0.2, 0.25) is 0 Å². The van der Waals surface area contributed by atoms with E-state index in [0.717, 1.165) is 65.1 Å². The van der Waals surface area contributed by atoms with Gasteiger partial charge in [0.1, 0.15) is 5.69 Å². The van der Waals surface area contributed by atoms with E-state index in [-0.39, 0.29) is 0 Å². The first-order chi connectivity index (χ1) is 19.7. The number of benzene rings is 2. The van der Waals surface area contributed by atoms with E-state index in [9.17, 15) is 0 Å². The molecule has 0 unspecified atom stereocenters. The molecule has 5 aromatic rings. The van der Waals surface area contributed by atoms with Crippen LogP contribution < -0.4 is 0 Å². The summed E-state index contributed by atoms with van der Waals surface area (Å²) in [5, 5.41) is 8.83. The number of ether oxygens (including phenoxy) is 1. The van der Waals surface area contributed by atoms with Gasteiger partial charge in [0.15, 0.2) is 5.65 Å². The predicted molar refractivity (Wildman–Crippen MR) is 158 cm³/mol. The lowest BCUT2D eigenvalue weighted by Crippen LogP contribution is -2.44. The van der Waals surface area contributed by atoms with Gasteiger partial charge >= 0.3 is 0 Å². The Morgan fingerprint density at radius 1 is 0.825 bits per heavy atom. The van der Waals surface area contributed by atoms with Crippen LogP contribution in [0.2, 0.25) is 0 Å². The van der Waals surface area contributed by atoms with E-state index in [1.807, 2.05) is 18.5 Å². The van der Waals surface area contributed by atoms with Gasteiger partial charge in [-0.25, -0.2) is 4.98 Å². The topological polar surface area (TPSA) is 66.9 Å². The molecule has 2 aromatic carbocycles. The molecular weight excluding hydrogens is 494 g/mol. The lowest BCUT2D eigenvalue weighted by molar-refractivity contribution is 0.00854. The fraction of sp³-hybridized carbons (Fsp3) is 0.324. The van der Waals surface area contributed by atoms with Crippen molar-refractivity contribution in [2.24, 2.45) is 0 Å². The van der Waals surface area contributed by atoms with E-state index >= 15 is 0 Å². The van der Waals surface area contributed by atoms with Gasteiger partial charge in [0.25, 0.3) is 0 Å². The van der Waals surface area contributed by atoms with E-state index in [1.165, 1.54) is 41.5 Å². The summed E-state index contributed by atoms with van der Waals surface area (Å²) in [5.41, 5.74) is 11.5. The smallest absolute Gasteiger partial charge is 0.155 e. The number of pyridine rings is 2. The molecule has 0 saturated carbocycles. The lowest BCUT2D eigenvalue weighted by Gasteiger charge is -2.34. The third-order valence-corrected chi connectivity index (χ3v) is 9.30. The summed E-state index contributed by atoms with van der Waals surface area (Å²) >= 11 is 0. The van der Waals surface area contributed by atoms with E-state index < -0.39 is 0 Å². The zero-order valence-corrected chi connectivity index (χ0v) is 22.8. The minimum absolute atomic E-state index is 0.473. The van der Waals surface area contributed by atoms with E-state index in [4.69, 9.17) is 9.72 Å². The Bertz CT molecular complexity index is 1710. The van der Waals surface area contributed by atoms with Gasteiger partial charge < -0.3 is 4.74 Å². The van der Waals surface area contributed by atoms with Crippen molar-refractivity contribution in [3.63, 3.8) is 0 Å². The Kier molecular flexibility index (Phi) is 5.78. The van der Waals surface area contributed by atoms with Gasteiger partial charge in [0.05, 0.1) is 18.4 Å². The van der Waals surface area contributed by atoms with Crippen molar-refractivity contribution < 1.29 is 4.74 Å². The van der Waals surface area contributed by atoms with Gasteiger partial charge in [-0.15, -0.1) is 0 Å². The molecule has 1 aliphatic carbocycles. The molecule has 200 valence electrons. The van der Waals surface area contributed by atoms with Crippen molar-refractivity contribution in [1.29, 1.82) is 0 Å².